The van der Waals surface area contributed by atoms with Gasteiger partial charge in [0.2, 0.25) is 5.91 Å². The van der Waals surface area contributed by atoms with Crippen molar-refractivity contribution in [1.29, 1.82) is 0 Å². The summed E-state index contributed by atoms with van der Waals surface area (Å²) in [5.41, 5.74) is 1.36. The van der Waals surface area contributed by atoms with Gasteiger partial charge < -0.3 is 10.1 Å². The number of nitrogens with zero attached hydrogens (tertiary/aromatic N) is 3. The highest BCUT2D eigenvalue weighted by Gasteiger charge is 2.31. The quantitative estimate of drug-likeness (QED) is 0.865. The highest BCUT2D eigenvalue weighted by atomic mass is 19.4. The molecule has 0 spiro atoms. The Morgan fingerprint density at radius 3 is 2.52 bits per heavy atom. The van der Waals surface area contributed by atoms with Crippen LogP contribution in [0.3, 0.4) is 0 Å². The van der Waals surface area contributed by atoms with Crippen molar-refractivity contribution in [1.82, 2.24) is 14.7 Å². The highest BCUT2D eigenvalue weighted by molar-refractivity contribution is 5.94. The van der Waals surface area contributed by atoms with Gasteiger partial charge in [-0.1, -0.05) is 0 Å². The van der Waals surface area contributed by atoms with Gasteiger partial charge in [0.1, 0.15) is 5.75 Å². The largest absolute Gasteiger partial charge is 0.573 e. The Hall–Kier alpha value is -2.55. The minimum atomic E-state index is -4.74. The number of likely N-dealkylation sites (N-methyl/N-ethyl adjacent to an activating group) is 1. The summed E-state index contributed by atoms with van der Waals surface area (Å²) in [6.45, 7) is 2.29. The second-order valence-corrected chi connectivity index (χ2v) is 5.67. The first-order valence-electron chi connectivity index (χ1n) is 7.48. The van der Waals surface area contributed by atoms with E-state index in [1.54, 1.807) is 24.9 Å². The van der Waals surface area contributed by atoms with Crippen molar-refractivity contribution < 1.29 is 22.7 Å². The van der Waals surface area contributed by atoms with E-state index in [2.05, 4.69) is 15.2 Å². The van der Waals surface area contributed by atoms with E-state index in [0.717, 1.165) is 17.7 Å². The van der Waals surface area contributed by atoms with Gasteiger partial charge in [-0.15, -0.1) is 13.2 Å². The number of aryl methyl sites for hydroxylation is 1. The molecule has 1 aromatic carbocycles. The molecule has 6 nitrogen and oxygen atoms in total. The van der Waals surface area contributed by atoms with E-state index in [4.69, 9.17) is 0 Å². The van der Waals surface area contributed by atoms with Crippen LogP contribution < -0.4 is 10.1 Å². The molecule has 1 amide bonds. The lowest BCUT2D eigenvalue weighted by molar-refractivity contribution is -0.274. The predicted octanol–water partition coefficient (Wildman–Crippen LogP) is 2.78. The molecule has 0 radical (unpaired) electrons. The molecule has 0 saturated carbocycles. The number of nitrogens with one attached hydrogen (secondary N) is 1. The number of benzene rings is 1. The van der Waals surface area contributed by atoms with Gasteiger partial charge in [0, 0.05) is 31.0 Å². The van der Waals surface area contributed by atoms with Crippen LogP contribution in [0.2, 0.25) is 0 Å². The number of alkyl halides is 3. The zero-order chi connectivity index (χ0) is 18.6. The van der Waals surface area contributed by atoms with Gasteiger partial charge in [-0.05, 0) is 38.2 Å². The number of hydrogen-bond donors (Lipinski definition) is 1. The zero-order valence-electron chi connectivity index (χ0n) is 14.0. The zero-order valence-corrected chi connectivity index (χ0v) is 14.0. The number of rotatable bonds is 6. The number of halogens is 3. The van der Waals surface area contributed by atoms with E-state index in [1.807, 2.05) is 18.1 Å². The lowest BCUT2D eigenvalue weighted by Crippen LogP contribution is -2.39. The van der Waals surface area contributed by atoms with Crippen LogP contribution in [-0.2, 0) is 18.4 Å². The maximum absolute atomic E-state index is 12.3. The van der Waals surface area contributed by atoms with Crippen molar-refractivity contribution in [2.24, 2.45) is 7.05 Å². The van der Waals surface area contributed by atoms with Crippen LogP contribution in [0.4, 0.5) is 18.9 Å². The summed E-state index contributed by atoms with van der Waals surface area (Å²) in [6, 6.07) is 4.56. The monoisotopic (exact) mass is 356 g/mol. The van der Waals surface area contributed by atoms with E-state index in [-0.39, 0.29) is 11.7 Å². The number of ether oxygens (including phenoxy) is 1. The number of carbonyl (C=O) groups excluding carboxylic acids is 1. The fourth-order valence-corrected chi connectivity index (χ4v) is 2.17. The van der Waals surface area contributed by atoms with Crippen LogP contribution in [0.5, 0.6) is 5.75 Å². The molecule has 1 N–H and O–H groups in total. The maximum Gasteiger partial charge on any atom is 0.573 e. The third-order valence-electron chi connectivity index (χ3n) is 3.59. The molecule has 0 saturated heterocycles. The van der Waals surface area contributed by atoms with Crippen molar-refractivity contribution >= 4 is 11.6 Å². The van der Waals surface area contributed by atoms with Crippen LogP contribution in [-0.4, -0.2) is 40.0 Å². The van der Waals surface area contributed by atoms with Gasteiger partial charge in [-0.25, -0.2) is 0 Å². The summed E-state index contributed by atoms with van der Waals surface area (Å²) >= 11 is 0. The molecule has 2 rings (SSSR count). The van der Waals surface area contributed by atoms with Gasteiger partial charge in [-0.3, -0.25) is 14.4 Å². The fraction of sp³-hybridized carbons (Fsp3) is 0.375. The Morgan fingerprint density at radius 1 is 1.36 bits per heavy atom. The average molecular weight is 356 g/mol. The Morgan fingerprint density at radius 2 is 2.00 bits per heavy atom. The molecule has 0 aliphatic heterocycles. The van der Waals surface area contributed by atoms with Crippen LogP contribution in [0.15, 0.2) is 36.7 Å². The molecule has 1 aromatic heterocycles. The summed E-state index contributed by atoms with van der Waals surface area (Å²) < 4.78 is 41.8. The third-order valence-corrected chi connectivity index (χ3v) is 3.59. The Balaban J connectivity index is 1.91. The van der Waals surface area contributed by atoms with Gasteiger partial charge >= 0.3 is 6.36 Å². The summed E-state index contributed by atoms with van der Waals surface area (Å²) in [4.78, 5) is 14.1. The first-order valence-corrected chi connectivity index (χ1v) is 7.48. The van der Waals surface area contributed by atoms with Crippen LogP contribution in [0, 0.1) is 0 Å². The maximum atomic E-state index is 12.3. The molecule has 0 fully saturated rings. The van der Waals surface area contributed by atoms with Gasteiger partial charge in [0.15, 0.2) is 0 Å². The normalized spacial score (nSPS) is 12.9. The Labute approximate surface area is 143 Å². The fourth-order valence-electron chi connectivity index (χ4n) is 2.17. The van der Waals surface area contributed by atoms with Crippen LogP contribution >= 0.6 is 0 Å². The summed E-state index contributed by atoms with van der Waals surface area (Å²) in [6.07, 6.45) is -1.16. The Kier molecular flexibility index (Phi) is 5.68. The number of aromatic nitrogens is 2. The smallest absolute Gasteiger partial charge is 0.406 e. The molecule has 1 unspecified atom stereocenters. The minimum absolute atomic E-state index is 0.268. The number of hydrogen-bond acceptors (Lipinski definition) is 4. The van der Waals surface area contributed by atoms with E-state index in [9.17, 15) is 18.0 Å². The SMILES string of the molecule is CC(C(=O)Nc1ccc(OC(F)(F)F)cc1)N(C)Cc1cnn(C)c1. The van der Waals surface area contributed by atoms with Crippen molar-refractivity contribution in [2.45, 2.75) is 25.9 Å². The lowest BCUT2D eigenvalue weighted by Gasteiger charge is -2.23. The number of carbonyl (C=O) groups is 1. The molecular formula is C16H19F3N4O2. The first kappa shape index (κ1) is 18.8. The van der Waals surface area contributed by atoms with Crippen molar-refractivity contribution in [2.75, 3.05) is 12.4 Å². The number of amides is 1. The second kappa shape index (κ2) is 7.56. The minimum Gasteiger partial charge on any atom is -0.406 e. The molecule has 1 atom stereocenters. The Bertz CT molecular complexity index is 713. The lowest BCUT2D eigenvalue weighted by atomic mass is 10.2. The molecule has 136 valence electrons. The molecule has 1 heterocycles. The highest BCUT2D eigenvalue weighted by Crippen LogP contribution is 2.24. The summed E-state index contributed by atoms with van der Waals surface area (Å²) in [5.74, 6) is -0.608. The van der Waals surface area contributed by atoms with Crippen molar-refractivity contribution in [3.8, 4) is 5.75 Å². The van der Waals surface area contributed by atoms with Crippen molar-refractivity contribution in [3.63, 3.8) is 0 Å². The van der Waals surface area contributed by atoms with Gasteiger partial charge in [-0.2, -0.15) is 5.10 Å². The average Bonchev–Trinajstić information content (AvgIpc) is 2.92. The first-order chi connectivity index (χ1) is 11.6. The summed E-state index contributed by atoms with van der Waals surface area (Å²) in [7, 11) is 3.61. The van der Waals surface area contributed by atoms with Gasteiger partial charge in [0.25, 0.3) is 0 Å². The molecule has 25 heavy (non-hydrogen) atoms. The van der Waals surface area contributed by atoms with E-state index < -0.39 is 12.4 Å². The molecule has 0 aliphatic rings. The second-order valence-electron chi connectivity index (χ2n) is 5.67. The van der Waals surface area contributed by atoms with Crippen LogP contribution in [0.25, 0.3) is 0 Å². The summed E-state index contributed by atoms with van der Waals surface area (Å²) in [5, 5.41) is 6.74. The van der Waals surface area contributed by atoms with Crippen LogP contribution in [0.1, 0.15) is 12.5 Å². The molecule has 0 bridgehead atoms. The number of anilines is 1. The topological polar surface area (TPSA) is 59.4 Å². The molecule has 2 aromatic rings. The third kappa shape index (κ3) is 5.79. The van der Waals surface area contributed by atoms with Crippen molar-refractivity contribution in [3.05, 3.63) is 42.2 Å². The standard InChI is InChI=1S/C16H19F3N4O2/c1-11(22(2)9-12-8-20-23(3)10-12)15(24)21-13-4-6-14(7-5-13)25-16(17,18)19/h4-8,10-11H,9H2,1-3H3,(H,21,24). The van der Waals surface area contributed by atoms with E-state index in [0.29, 0.717) is 12.2 Å². The van der Waals surface area contributed by atoms with Gasteiger partial charge in [0.05, 0.1) is 12.2 Å². The van der Waals surface area contributed by atoms with E-state index in [1.165, 1.54) is 12.1 Å². The molecule has 9 heteroatoms. The predicted molar refractivity (Wildman–Crippen MR) is 85.9 cm³/mol. The van der Waals surface area contributed by atoms with E-state index >= 15 is 0 Å². The molecule has 0 aliphatic carbocycles. The molecular weight excluding hydrogens is 337 g/mol.